The normalized spacial score (nSPS) is 15.2. The van der Waals surface area contributed by atoms with Gasteiger partial charge in [-0.1, -0.05) is 0 Å². The van der Waals surface area contributed by atoms with Crippen molar-refractivity contribution in [3.05, 3.63) is 35.8 Å². The second kappa shape index (κ2) is 3.91. The fourth-order valence-electron chi connectivity index (χ4n) is 2.77. The molecule has 1 aromatic carbocycles. The number of rotatable bonds is 2. The number of hydrogen-bond acceptors (Lipinski definition) is 2. The van der Waals surface area contributed by atoms with Crippen LogP contribution < -0.4 is 0 Å². The Morgan fingerprint density at radius 1 is 1.25 bits per heavy atom. The van der Waals surface area contributed by atoms with E-state index in [9.17, 15) is 4.39 Å². The average molecular weight is 270 g/mol. The molecule has 0 spiro atoms. The summed E-state index contributed by atoms with van der Waals surface area (Å²) in [4.78, 5) is 4.64. The van der Waals surface area contributed by atoms with Crippen LogP contribution in [0, 0.1) is 12.7 Å². The molecule has 4 nitrogen and oxygen atoms in total. The van der Waals surface area contributed by atoms with Gasteiger partial charge in [0.1, 0.15) is 11.5 Å². The van der Waals surface area contributed by atoms with Gasteiger partial charge in [-0.3, -0.25) is 4.68 Å². The highest BCUT2D eigenvalue weighted by atomic mass is 19.1. The summed E-state index contributed by atoms with van der Waals surface area (Å²) in [5.41, 5.74) is 3.66. The second-order valence-electron chi connectivity index (χ2n) is 5.46. The van der Waals surface area contributed by atoms with Crippen molar-refractivity contribution in [3.63, 3.8) is 0 Å². The van der Waals surface area contributed by atoms with Crippen LogP contribution >= 0.6 is 0 Å². The highest BCUT2D eigenvalue weighted by Gasteiger charge is 2.29. The van der Waals surface area contributed by atoms with Gasteiger partial charge in [-0.25, -0.2) is 9.37 Å². The molecule has 3 aromatic rings. The van der Waals surface area contributed by atoms with Gasteiger partial charge >= 0.3 is 0 Å². The molecule has 0 unspecified atom stereocenters. The molecule has 1 fully saturated rings. The zero-order valence-corrected chi connectivity index (χ0v) is 11.5. The summed E-state index contributed by atoms with van der Waals surface area (Å²) in [5.74, 6) is 0.641. The van der Waals surface area contributed by atoms with Crippen molar-refractivity contribution in [2.24, 2.45) is 7.05 Å². The molecule has 2 heterocycles. The van der Waals surface area contributed by atoms with Crippen LogP contribution in [0.3, 0.4) is 0 Å². The molecule has 2 aromatic heterocycles. The van der Waals surface area contributed by atoms with Gasteiger partial charge < -0.3 is 4.57 Å². The number of benzene rings is 1. The summed E-state index contributed by atoms with van der Waals surface area (Å²) < 4.78 is 17.5. The van der Waals surface area contributed by atoms with E-state index in [0.29, 0.717) is 11.6 Å². The van der Waals surface area contributed by atoms with Crippen LogP contribution in [-0.4, -0.2) is 19.3 Å². The van der Waals surface area contributed by atoms with Gasteiger partial charge in [-0.15, -0.1) is 0 Å². The predicted molar refractivity (Wildman–Crippen MR) is 74.9 cm³/mol. The number of halogens is 1. The third kappa shape index (κ3) is 1.66. The Labute approximate surface area is 115 Å². The molecule has 0 radical (unpaired) electrons. The first-order valence-electron chi connectivity index (χ1n) is 6.82. The summed E-state index contributed by atoms with van der Waals surface area (Å²) in [6.45, 7) is 1.97. The quantitative estimate of drug-likeness (QED) is 0.716. The van der Waals surface area contributed by atoms with Crippen molar-refractivity contribution in [2.75, 3.05) is 0 Å². The van der Waals surface area contributed by atoms with Crippen molar-refractivity contribution in [1.82, 2.24) is 19.3 Å². The topological polar surface area (TPSA) is 35.6 Å². The van der Waals surface area contributed by atoms with Crippen molar-refractivity contribution < 1.29 is 4.39 Å². The van der Waals surface area contributed by atoms with Crippen LogP contribution in [0.25, 0.3) is 22.6 Å². The lowest BCUT2D eigenvalue weighted by atomic mass is 10.3. The molecular weight excluding hydrogens is 255 g/mol. The van der Waals surface area contributed by atoms with E-state index in [-0.39, 0.29) is 5.82 Å². The van der Waals surface area contributed by atoms with E-state index < -0.39 is 0 Å². The highest BCUT2D eigenvalue weighted by molar-refractivity contribution is 5.80. The largest absolute Gasteiger partial charge is 0.320 e. The minimum absolute atomic E-state index is 0.245. The zero-order valence-electron chi connectivity index (χ0n) is 11.5. The lowest BCUT2D eigenvalue weighted by molar-refractivity contribution is 0.629. The van der Waals surface area contributed by atoms with Crippen molar-refractivity contribution in [1.29, 1.82) is 0 Å². The summed E-state index contributed by atoms with van der Waals surface area (Å²) in [5, 5.41) is 4.39. The number of nitrogens with zero attached hydrogens (tertiary/aromatic N) is 4. The number of hydrogen-bond donors (Lipinski definition) is 0. The first-order valence-corrected chi connectivity index (χ1v) is 6.82. The SMILES string of the molecule is Cc1cc(-c2nc3cc(F)ccc3n2C2CC2)n(C)n1. The monoisotopic (exact) mass is 270 g/mol. The third-order valence-electron chi connectivity index (χ3n) is 3.79. The van der Waals surface area contributed by atoms with E-state index in [1.54, 1.807) is 0 Å². The summed E-state index contributed by atoms with van der Waals surface area (Å²) in [6.07, 6.45) is 2.32. The molecule has 102 valence electrons. The maximum Gasteiger partial charge on any atom is 0.159 e. The van der Waals surface area contributed by atoms with Crippen LogP contribution in [0.1, 0.15) is 24.6 Å². The van der Waals surface area contributed by atoms with Gasteiger partial charge in [0.15, 0.2) is 5.82 Å². The molecule has 1 aliphatic carbocycles. The lowest BCUT2D eigenvalue weighted by Crippen LogP contribution is -2.02. The standard InChI is InChI=1S/C15H15FN4/c1-9-7-14(19(2)18-9)15-17-12-8-10(16)3-6-13(12)20(15)11-4-5-11/h3,6-8,11H,4-5H2,1-2H3. The average Bonchev–Trinajstić information content (AvgIpc) is 3.08. The van der Waals surface area contributed by atoms with Gasteiger partial charge in [0.05, 0.1) is 16.7 Å². The van der Waals surface area contributed by atoms with Crippen molar-refractivity contribution in [3.8, 4) is 11.5 Å². The predicted octanol–water partition coefficient (Wildman–Crippen LogP) is 3.22. The molecule has 0 N–H and O–H groups in total. The van der Waals surface area contributed by atoms with Gasteiger partial charge in [-0.05, 0) is 38.0 Å². The van der Waals surface area contributed by atoms with Gasteiger partial charge in [0, 0.05) is 19.2 Å². The Morgan fingerprint density at radius 2 is 2.05 bits per heavy atom. The molecule has 0 atom stereocenters. The fraction of sp³-hybridized carbons (Fsp3) is 0.333. The molecule has 1 saturated carbocycles. The minimum Gasteiger partial charge on any atom is -0.320 e. The highest BCUT2D eigenvalue weighted by Crippen LogP contribution is 2.41. The molecule has 4 rings (SSSR count). The second-order valence-corrected chi connectivity index (χ2v) is 5.46. The summed E-state index contributed by atoms with van der Waals surface area (Å²) in [6, 6.07) is 7.33. The Morgan fingerprint density at radius 3 is 2.70 bits per heavy atom. The van der Waals surface area contributed by atoms with Crippen molar-refractivity contribution in [2.45, 2.75) is 25.8 Å². The van der Waals surface area contributed by atoms with Gasteiger partial charge in [-0.2, -0.15) is 5.10 Å². The van der Waals surface area contributed by atoms with Crippen LogP contribution in [-0.2, 0) is 7.05 Å². The Kier molecular flexibility index (Phi) is 2.28. The summed E-state index contributed by atoms with van der Waals surface area (Å²) >= 11 is 0. The molecule has 0 saturated heterocycles. The maximum absolute atomic E-state index is 13.4. The number of aryl methyl sites for hydroxylation is 2. The summed E-state index contributed by atoms with van der Waals surface area (Å²) in [7, 11) is 1.92. The van der Waals surface area contributed by atoms with E-state index in [0.717, 1.165) is 35.6 Å². The van der Waals surface area contributed by atoms with Crippen LogP contribution in [0.4, 0.5) is 4.39 Å². The minimum atomic E-state index is -0.245. The molecule has 5 heteroatoms. The van der Waals surface area contributed by atoms with E-state index >= 15 is 0 Å². The third-order valence-corrected chi connectivity index (χ3v) is 3.79. The van der Waals surface area contributed by atoms with Crippen LogP contribution in [0.5, 0.6) is 0 Å². The van der Waals surface area contributed by atoms with Crippen molar-refractivity contribution >= 4 is 11.0 Å². The first-order chi connectivity index (χ1) is 9.63. The fourth-order valence-corrected chi connectivity index (χ4v) is 2.77. The number of imidazole rings is 1. The molecule has 20 heavy (non-hydrogen) atoms. The number of aromatic nitrogens is 4. The first kappa shape index (κ1) is 11.6. The molecule has 1 aliphatic rings. The smallest absolute Gasteiger partial charge is 0.159 e. The van der Waals surface area contributed by atoms with E-state index in [2.05, 4.69) is 14.6 Å². The molecule has 0 bridgehead atoms. The van der Waals surface area contributed by atoms with E-state index in [1.807, 2.05) is 30.8 Å². The van der Waals surface area contributed by atoms with E-state index in [1.165, 1.54) is 12.1 Å². The van der Waals surface area contributed by atoms with Crippen LogP contribution in [0.2, 0.25) is 0 Å². The van der Waals surface area contributed by atoms with Gasteiger partial charge in [0.25, 0.3) is 0 Å². The maximum atomic E-state index is 13.4. The lowest BCUT2D eigenvalue weighted by Gasteiger charge is -2.07. The van der Waals surface area contributed by atoms with Crippen LogP contribution in [0.15, 0.2) is 24.3 Å². The molecule has 0 amide bonds. The Bertz CT molecular complexity index is 811. The zero-order chi connectivity index (χ0) is 13.9. The Balaban J connectivity index is 2.03. The number of fused-ring (bicyclic) bond motifs is 1. The molecular formula is C15H15FN4. The Hall–Kier alpha value is -2.17. The van der Waals surface area contributed by atoms with E-state index in [4.69, 9.17) is 0 Å². The molecule has 0 aliphatic heterocycles. The van der Waals surface area contributed by atoms with Gasteiger partial charge in [0.2, 0.25) is 0 Å².